The summed E-state index contributed by atoms with van der Waals surface area (Å²) >= 11 is 11.5. The standard InChI is InChI=1S/C15H23Cl2NO3Si/c1-12(13-8-4-5-9-14(13)18(19)20)21-10-6-2-3-7-11-22-15(16)17/h4-5,8-9,12,15H,2-3,6-7,10-11,22H2,1H3. The Morgan fingerprint density at radius 3 is 2.59 bits per heavy atom. The minimum atomic E-state index is -0.361. The van der Waals surface area contributed by atoms with E-state index in [4.69, 9.17) is 27.9 Å². The molecule has 1 rings (SSSR count). The molecule has 0 aromatic heterocycles. The van der Waals surface area contributed by atoms with Crippen molar-refractivity contribution in [2.45, 2.75) is 49.2 Å². The van der Waals surface area contributed by atoms with Crippen molar-refractivity contribution in [1.29, 1.82) is 0 Å². The van der Waals surface area contributed by atoms with Crippen molar-refractivity contribution in [2.75, 3.05) is 6.61 Å². The minimum Gasteiger partial charge on any atom is -0.374 e. The Labute approximate surface area is 144 Å². The number of rotatable bonds is 11. The van der Waals surface area contributed by atoms with E-state index in [1.165, 1.54) is 18.5 Å². The van der Waals surface area contributed by atoms with Gasteiger partial charge in [0.1, 0.15) is 0 Å². The van der Waals surface area contributed by atoms with Crippen LogP contribution in [0.5, 0.6) is 0 Å². The van der Waals surface area contributed by atoms with Crippen LogP contribution in [0.25, 0.3) is 0 Å². The van der Waals surface area contributed by atoms with Gasteiger partial charge in [-0.2, -0.15) is 0 Å². The van der Waals surface area contributed by atoms with E-state index in [-0.39, 0.29) is 30.7 Å². The van der Waals surface area contributed by atoms with Gasteiger partial charge in [-0.25, -0.2) is 0 Å². The average molecular weight is 364 g/mol. The maximum absolute atomic E-state index is 11.0. The average Bonchev–Trinajstić information content (AvgIpc) is 2.49. The van der Waals surface area contributed by atoms with Gasteiger partial charge in [0, 0.05) is 12.7 Å². The topological polar surface area (TPSA) is 52.4 Å². The van der Waals surface area contributed by atoms with Crippen molar-refractivity contribution in [3.63, 3.8) is 0 Å². The second-order valence-corrected chi connectivity index (χ2v) is 9.69. The molecule has 0 heterocycles. The first kappa shape index (κ1) is 19.4. The van der Waals surface area contributed by atoms with Gasteiger partial charge in [0.15, 0.2) is 0 Å². The lowest BCUT2D eigenvalue weighted by Crippen LogP contribution is -2.05. The monoisotopic (exact) mass is 363 g/mol. The van der Waals surface area contributed by atoms with E-state index in [0.29, 0.717) is 12.2 Å². The maximum atomic E-state index is 11.0. The highest BCUT2D eigenvalue weighted by atomic mass is 35.5. The molecule has 0 aliphatic carbocycles. The van der Waals surface area contributed by atoms with Crippen LogP contribution in [-0.2, 0) is 4.74 Å². The fraction of sp³-hybridized carbons (Fsp3) is 0.600. The third kappa shape index (κ3) is 7.58. The van der Waals surface area contributed by atoms with Crippen LogP contribution in [0.4, 0.5) is 5.69 Å². The van der Waals surface area contributed by atoms with E-state index < -0.39 is 0 Å². The van der Waals surface area contributed by atoms with Crippen LogP contribution in [0.15, 0.2) is 24.3 Å². The summed E-state index contributed by atoms with van der Waals surface area (Å²) in [5.74, 6) is 0. The highest BCUT2D eigenvalue weighted by molar-refractivity contribution is 6.68. The number of hydrogen-bond donors (Lipinski definition) is 0. The Balaban J connectivity index is 2.21. The van der Waals surface area contributed by atoms with Gasteiger partial charge in [0.2, 0.25) is 0 Å². The first-order valence-corrected chi connectivity index (χ1v) is 10.3. The highest BCUT2D eigenvalue weighted by Gasteiger charge is 2.18. The number of alkyl halides is 2. The third-order valence-corrected chi connectivity index (χ3v) is 6.16. The zero-order valence-corrected chi connectivity index (χ0v) is 15.8. The second kappa shape index (κ2) is 11.0. The highest BCUT2D eigenvalue weighted by Crippen LogP contribution is 2.27. The lowest BCUT2D eigenvalue weighted by molar-refractivity contribution is -0.386. The minimum absolute atomic E-state index is 0.120. The summed E-state index contributed by atoms with van der Waals surface area (Å²) in [6, 6.07) is 7.92. The van der Waals surface area contributed by atoms with E-state index in [1.54, 1.807) is 18.2 Å². The van der Waals surface area contributed by atoms with Crippen molar-refractivity contribution >= 4 is 38.4 Å². The van der Waals surface area contributed by atoms with E-state index in [1.807, 2.05) is 6.92 Å². The summed E-state index contributed by atoms with van der Waals surface area (Å²) in [5.41, 5.74) is 0.755. The lowest BCUT2D eigenvalue weighted by atomic mass is 10.1. The van der Waals surface area contributed by atoms with E-state index in [2.05, 4.69) is 0 Å². The molecular weight excluding hydrogens is 341 g/mol. The summed E-state index contributed by atoms with van der Waals surface area (Å²) in [6.45, 7) is 2.48. The van der Waals surface area contributed by atoms with Crippen LogP contribution in [0.1, 0.15) is 44.3 Å². The largest absolute Gasteiger partial charge is 0.374 e. The summed E-state index contributed by atoms with van der Waals surface area (Å²) in [5, 5.41) is 11.0. The summed E-state index contributed by atoms with van der Waals surface area (Å²) in [7, 11) is -0.318. The number of ether oxygens (including phenoxy) is 1. The zero-order chi connectivity index (χ0) is 16.4. The molecule has 0 saturated carbocycles. The van der Waals surface area contributed by atoms with Crippen LogP contribution in [0, 0.1) is 10.1 Å². The number of benzene rings is 1. The quantitative estimate of drug-likeness (QED) is 0.190. The Morgan fingerprint density at radius 1 is 1.23 bits per heavy atom. The molecule has 0 spiro atoms. The van der Waals surface area contributed by atoms with Gasteiger partial charge in [-0.3, -0.25) is 10.1 Å². The molecule has 0 N–H and O–H groups in total. The maximum Gasteiger partial charge on any atom is 0.275 e. The number of para-hydroxylation sites is 1. The lowest BCUT2D eigenvalue weighted by Gasteiger charge is -2.13. The molecule has 0 amide bonds. The fourth-order valence-electron chi connectivity index (χ4n) is 2.28. The van der Waals surface area contributed by atoms with Crippen molar-refractivity contribution in [3.8, 4) is 0 Å². The molecule has 1 aromatic rings. The molecule has 22 heavy (non-hydrogen) atoms. The van der Waals surface area contributed by atoms with Crippen molar-refractivity contribution in [3.05, 3.63) is 39.9 Å². The molecule has 4 nitrogen and oxygen atoms in total. The molecule has 0 bridgehead atoms. The third-order valence-electron chi connectivity index (χ3n) is 3.51. The van der Waals surface area contributed by atoms with Gasteiger partial charge < -0.3 is 4.74 Å². The van der Waals surface area contributed by atoms with Crippen LogP contribution >= 0.6 is 23.2 Å². The molecule has 0 aliphatic rings. The molecule has 124 valence electrons. The summed E-state index contributed by atoms with van der Waals surface area (Å²) < 4.78 is 5.61. The molecule has 0 radical (unpaired) electrons. The molecule has 1 aromatic carbocycles. The Kier molecular flexibility index (Phi) is 9.71. The predicted octanol–water partition coefficient (Wildman–Crippen LogP) is 4.58. The number of halogens is 2. The normalized spacial score (nSPS) is 13.1. The van der Waals surface area contributed by atoms with Crippen LogP contribution < -0.4 is 0 Å². The zero-order valence-electron chi connectivity index (χ0n) is 12.8. The van der Waals surface area contributed by atoms with E-state index in [0.717, 1.165) is 19.3 Å². The van der Waals surface area contributed by atoms with Gasteiger partial charge in [0.05, 0.1) is 30.6 Å². The van der Waals surface area contributed by atoms with Gasteiger partial charge in [0.25, 0.3) is 5.69 Å². The molecule has 7 heteroatoms. The van der Waals surface area contributed by atoms with Crippen LogP contribution in [0.2, 0.25) is 6.04 Å². The number of hydrogen-bond acceptors (Lipinski definition) is 3. The van der Waals surface area contributed by atoms with Gasteiger partial charge >= 0.3 is 0 Å². The molecule has 0 fully saturated rings. The Hall–Kier alpha value is -0.623. The molecule has 0 saturated heterocycles. The van der Waals surface area contributed by atoms with Gasteiger partial charge in [-0.1, -0.05) is 37.4 Å². The molecule has 1 unspecified atom stereocenters. The second-order valence-electron chi connectivity index (χ2n) is 5.28. The number of unbranched alkanes of at least 4 members (excludes halogenated alkanes) is 3. The van der Waals surface area contributed by atoms with Crippen molar-refractivity contribution in [1.82, 2.24) is 0 Å². The predicted molar refractivity (Wildman–Crippen MR) is 94.8 cm³/mol. The van der Waals surface area contributed by atoms with Crippen LogP contribution in [0.3, 0.4) is 0 Å². The SMILES string of the molecule is CC(OCCCCCC[SiH2]C(Cl)Cl)c1ccccc1[N+](=O)[O-]. The van der Waals surface area contributed by atoms with Gasteiger partial charge in [-0.15, -0.1) is 23.2 Å². The Morgan fingerprint density at radius 2 is 1.91 bits per heavy atom. The summed E-state index contributed by atoms with van der Waals surface area (Å²) in [4.78, 5) is 10.6. The van der Waals surface area contributed by atoms with E-state index >= 15 is 0 Å². The van der Waals surface area contributed by atoms with Crippen molar-refractivity contribution in [2.24, 2.45) is 0 Å². The first-order valence-electron chi connectivity index (χ1n) is 7.65. The molecule has 0 aliphatic heterocycles. The smallest absolute Gasteiger partial charge is 0.275 e. The van der Waals surface area contributed by atoms with Crippen molar-refractivity contribution < 1.29 is 9.66 Å². The number of nitro benzene ring substituents is 1. The number of nitro groups is 1. The van der Waals surface area contributed by atoms with Crippen LogP contribution in [-0.4, -0.2) is 25.5 Å². The molecule has 1 atom stereocenters. The summed E-state index contributed by atoms with van der Waals surface area (Å²) in [6.07, 6.45) is 4.16. The van der Waals surface area contributed by atoms with Gasteiger partial charge in [-0.05, 0) is 19.4 Å². The Bertz CT molecular complexity index is 460. The number of nitrogens with zero attached hydrogens (tertiary/aromatic N) is 1. The first-order chi connectivity index (χ1) is 10.5. The molecular formula is C15H23Cl2NO3Si. The van der Waals surface area contributed by atoms with E-state index in [9.17, 15) is 10.1 Å². The fourth-order valence-corrected chi connectivity index (χ4v) is 4.16.